The van der Waals surface area contributed by atoms with Gasteiger partial charge in [-0.05, 0) is 24.1 Å². The molecule has 80 valence electrons. The highest BCUT2D eigenvalue weighted by molar-refractivity contribution is 5.89. The standard InChI is InChI=1S/C12H14O3/c1-15-12(14)11-7-5-10(6-8-11)4-2-3-9-13/h2,4-8,13H,3,9H2,1H3/b4-2-. The van der Waals surface area contributed by atoms with Gasteiger partial charge in [-0.1, -0.05) is 24.3 Å². The van der Waals surface area contributed by atoms with Gasteiger partial charge in [0.15, 0.2) is 0 Å². The van der Waals surface area contributed by atoms with E-state index >= 15 is 0 Å². The summed E-state index contributed by atoms with van der Waals surface area (Å²) in [6.07, 6.45) is 4.42. The molecule has 1 N–H and O–H groups in total. The highest BCUT2D eigenvalue weighted by atomic mass is 16.5. The summed E-state index contributed by atoms with van der Waals surface area (Å²) in [5.41, 5.74) is 1.54. The number of benzene rings is 1. The van der Waals surface area contributed by atoms with Crippen molar-refractivity contribution in [3.05, 3.63) is 41.5 Å². The molecule has 1 aromatic rings. The molecule has 0 unspecified atom stereocenters. The Balaban J connectivity index is 2.68. The van der Waals surface area contributed by atoms with Gasteiger partial charge >= 0.3 is 5.97 Å². The topological polar surface area (TPSA) is 46.5 Å². The van der Waals surface area contributed by atoms with Gasteiger partial charge in [0, 0.05) is 6.61 Å². The van der Waals surface area contributed by atoms with Crippen LogP contribution in [0.5, 0.6) is 0 Å². The van der Waals surface area contributed by atoms with Gasteiger partial charge in [-0.25, -0.2) is 4.79 Å². The van der Waals surface area contributed by atoms with Crippen molar-refractivity contribution in [3.8, 4) is 0 Å². The first-order valence-corrected chi connectivity index (χ1v) is 4.73. The molecule has 0 saturated heterocycles. The monoisotopic (exact) mass is 206 g/mol. The summed E-state index contributed by atoms with van der Waals surface area (Å²) in [5.74, 6) is -0.333. The third kappa shape index (κ3) is 3.56. The van der Waals surface area contributed by atoms with Crippen LogP contribution in [0.3, 0.4) is 0 Å². The summed E-state index contributed by atoms with van der Waals surface area (Å²) in [7, 11) is 1.36. The third-order valence-electron chi connectivity index (χ3n) is 1.94. The minimum atomic E-state index is -0.333. The summed E-state index contributed by atoms with van der Waals surface area (Å²) < 4.78 is 4.58. The number of ether oxygens (including phenoxy) is 1. The molecule has 0 saturated carbocycles. The zero-order chi connectivity index (χ0) is 11.1. The molecule has 0 aliphatic rings. The average Bonchev–Trinajstić information content (AvgIpc) is 2.29. The van der Waals surface area contributed by atoms with E-state index in [0.29, 0.717) is 12.0 Å². The number of carbonyl (C=O) groups excluding carboxylic acids is 1. The predicted octanol–water partition coefficient (Wildman–Crippen LogP) is 1.87. The van der Waals surface area contributed by atoms with Crippen LogP contribution >= 0.6 is 0 Å². The van der Waals surface area contributed by atoms with E-state index in [0.717, 1.165) is 5.56 Å². The number of esters is 1. The fourth-order valence-corrected chi connectivity index (χ4v) is 1.14. The number of methoxy groups -OCH3 is 1. The summed E-state index contributed by atoms with van der Waals surface area (Å²) in [6.45, 7) is 0.150. The lowest BCUT2D eigenvalue weighted by Gasteiger charge is -1.99. The van der Waals surface area contributed by atoms with E-state index in [4.69, 9.17) is 5.11 Å². The summed E-state index contributed by atoms with van der Waals surface area (Å²) in [5, 5.41) is 8.58. The minimum Gasteiger partial charge on any atom is -0.465 e. The Hall–Kier alpha value is -1.61. The zero-order valence-electron chi connectivity index (χ0n) is 8.64. The van der Waals surface area contributed by atoms with Gasteiger partial charge in [0.25, 0.3) is 0 Å². The van der Waals surface area contributed by atoms with E-state index in [1.807, 2.05) is 24.3 Å². The van der Waals surface area contributed by atoms with Crippen LogP contribution in [0.1, 0.15) is 22.3 Å². The average molecular weight is 206 g/mol. The number of carbonyl (C=O) groups is 1. The van der Waals surface area contributed by atoms with E-state index in [1.165, 1.54) is 7.11 Å². The smallest absolute Gasteiger partial charge is 0.337 e. The second kappa shape index (κ2) is 5.98. The van der Waals surface area contributed by atoms with Gasteiger partial charge in [0.05, 0.1) is 12.7 Å². The van der Waals surface area contributed by atoms with Crippen molar-refractivity contribution in [2.24, 2.45) is 0 Å². The van der Waals surface area contributed by atoms with Crippen molar-refractivity contribution in [3.63, 3.8) is 0 Å². The van der Waals surface area contributed by atoms with Crippen LogP contribution in [-0.2, 0) is 4.74 Å². The van der Waals surface area contributed by atoms with Gasteiger partial charge in [-0.2, -0.15) is 0 Å². The molecular weight excluding hydrogens is 192 g/mol. The molecule has 1 aromatic carbocycles. The Morgan fingerprint density at radius 3 is 2.60 bits per heavy atom. The van der Waals surface area contributed by atoms with Crippen molar-refractivity contribution >= 4 is 12.0 Å². The minimum absolute atomic E-state index is 0.150. The molecule has 0 aliphatic heterocycles. The van der Waals surface area contributed by atoms with E-state index < -0.39 is 0 Å². The summed E-state index contributed by atoms with van der Waals surface area (Å²) in [4.78, 5) is 11.1. The van der Waals surface area contributed by atoms with Crippen molar-refractivity contribution < 1.29 is 14.6 Å². The second-order valence-electron chi connectivity index (χ2n) is 3.03. The Kier molecular flexibility index (Phi) is 4.57. The van der Waals surface area contributed by atoms with Crippen LogP contribution in [0.25, 0.3) is 6.08 Å². The first-order chi connectivity index (χ1) is 7.27. The molecule has 0 aromatic heterocycles. The van der Waals surface area contributed by atoms with Crippen LogP contribution < -0.4 is 0 Å². The first-order valence-electron chi connectivity index (χ1n) is 4.73. The van der Waals surface area contributed by atoms with Crippen LogP contribution in [0, 0.1) is 0 Å². The number of hydrogen-bond acceptors (Lipinski definition) is 3. The zero-order valence-corrected chi connectivity index (χ0v) is 8.64. The van der Waals surface area contributed by atoms with E-state index in [1.54, 1.807) is 12.1 Å². The lowest BCUT2D eigenvalue weighted by atomic mass is 10.1. The fraction of sp³-hybridized carbons (Fsp3) is 0.250. The summed E-state index contributed by atoms with van der Waals surface area (Å²) in [6, 6.07) is 7.09. The summed E-state index contributed by atoms with van der Waals surface area (Å²) >= 11 is 0. The van der Waals surface area contributed by atoms with Crippen molar-refractivity contribution in [1.29, 1.82) is 0 Å². The molecule has 3 heteroatoms. The maximum Gasteiger partial charge on any atom is 0.337 e. The third-order valence-corrected chi connectivity index (χ3v) is 1.94. The van der Waals surface area contributed by atoms with Gasteiger partial charge in [0.1, 0.15) is 0 Å². The van der Waals surface area contributed by atoms with E-state index in [2.05, 4.69) is 4.74 Å². The molecule has 0 aliphatic carbocycles. The Bertz CT molecular complexity index is 338. The van der Waals surface area contributed by atoms with Crippen molar-refractivity contribution in [2.45, 2.75) is 6.42 Å². The van der Waals surface area contributed by atoms with Gasteiger partial charge in [0.2, 0.25) is 0 Å². The largest absolute Gasteiger partial charge is 0.465 e. The van der Waals surface area contributed by atoms with Crippen molar-refractivity contribution in [2.75, 3.05) is 13.7 Å². The first kappa shape index (κ1) is 11.5. The predicted molar refractivity (Wildman–Crippen MR) is 58.5 cm³/mol. The quantitative estimate of drug-likeness (QED) is 0.765. The van der Waals surface area contributed by atoms with Crippen LogP contribution in [0.2, 0.25) is 0 Å². The van der Waals surface area contributed by atoms with Crippen molar-refractivity contribution in [1.82, 2.24) is 0 Å². The molecule has 0 spiro atoms. The van der Waals surface area contributed by atoms with E-state index in [-0.39, 0.29) is 12.6 Å². The maximum atomic E-state index is 11.1. The number of hydrogen-bond donors (Lipinski definition) is 1. The highest BCUT2D eigenvalue weighted by Crippen LogP contribution is 2.07. The SMILES string of the molecule is COC(=O)c1ccc(/C=C\CCO)cc1. The Labute approximate surface area is 89.0 Å². The number of aliphatic hydroxyl groups is 1. The Morgan fingerprint density at radius 2 is 2.07 bits per heavy atom. The van der Waals surface area contributed by atoms with Gasteiger partial charge in [-0.15, -0.1) is 0 Å². The fourth-order valence-electron chi connectivity index (χ4n) is 1.14. The molecule has 0 radical (unpaired) electrons. The number of rotatable bonds is 4. The second-order valence-corrected chi connectivity index (χ2v) is 3.03. The molecule has 0 fully saturated rings. The molecule has 0 heterocycles. The van der Waals surface area contributed by atoms with Gasteiger partial charge < -0.3 is 9.84 Å². The van der Waals surface area contributed by atoms with Gasteiger partial charge in [-0.3, -0.25) is 0 Å². The normalized spacial score (nSPS) is 10.5. The number of aliphatic hydroxyl groups excluding tert-OH is 1. The molecule has 3 nitrogen and oxygen atoms in total. The molecule has 0 bridgehead atoms. The lowest BCUT2D eigenvalue weighted by molar-refractivity contribution is 0.0601. The lowest BCUT2D eigenvalue weighted by Crippen LogP contribution is -2.00. The molecule has 0 atom stereocenters. The molecule has 15 heavy (non-hydrogen) atoms. The Morgan fingerprint density at radius 1 is 1.40 bits per heavy atom. The molecular formula is C12H14O3. The van der Waals surface area contributed by atoms with E-state index in [9.17, 15) is 4.79 Å². The van der Waals surface area contributed by atoms with Crippen LogP contribution in [-0.4, -0.2) is 24.8 Å². The molecule has 0 amide bonds. The maximum absolute atomic E-state index is 11.1. The van der Waals surface area contributed by atoms with Crippen LogP contribution in [0.15, 0.2) is 30.3 Å². The van der Waals surface area contributed by atoms with Crippen LogP contribution in [0.4, 0.5) is 0 Å². The molecule has 1 rings (SSSR count). The highest BCUT2D eigenvalue weighted by Gasteiger charge is 2.02.